The second kappa shape index (κ2) is 8.35. The van der Waals surface area contributed by atoms with Gasteiger partial charge in [-0.2, -0.15) is 0 Å². The lowest BCUT2D eigenvalue weighted by molar-refractivity contribution is -0.118. The number of benzene rings is 2. The summed E-state index contributed by atoms with van der Waals surface area (Å²) < 4.78 is 0. The predicted octanol–water partition coefficient (Wildman–Crippen LogP) is 3.14. The summed E-state index contributed by atoms with van der Waals surface area (Å²) in [6, 6.07) is 17.0. The van der Waals surface area contributed by atoms with Gasteiger partial charge in [0.1, 0.15) is 5.01 Å². The number of carbonyl (C=O) groups excluding carboxylic acids is 2. The Hall–Kier alpha value is -3.06. The number of nitrogens with zero attached hydrogens (tertiary/aromatic N) is 2. The lowest BCUT2D eigenvalue weighted by atomic mass is 10.1. The largest absolute Gasteiger partial charge is 0.356 e. The third kappa shape index (κ3) is 4.73. The zero-order valence-electron chi connectivity index (χ0n) is 14.2. The molecule has 26 heavy (non-hydrogen) atoms. The molecule has 132 valence electrons. The van der Waals surface area contributed by atoms with E-state index in [2.05, 4.69) is 20.8 Å². The minimum Gasteiger partial charge on any atom is -0.356 e. The number of nitrogens with one attached hydrogen (secondary N) is 2. The van der Waals surface area contributed by atoms with Gasteiger partial charge >= 0.3 is 0 Å². The Morgan fingerprint density at radius 3 is 2.42 bits per heavy atom. The van der Waals surface area contributed by atoms with Crippen LogP contribution in [-0.2, 0) is 11.2 Å². The Morgan fingerprint density at radius 2 is 1.73 bits per heavy atom. The molecule has 0 aliphatic rings. The van der Waals surface area contributed by atoms with Crippen molar-refractivity contribution in [3.05, 3.63) is 65.7 Å². The molecular weight excluding hydrogens is 348 g/mol. The standard InChI is InChI=1S/C19H18N4O2S/c1-13(24)20-12-11-14-7-9-15(10-8-14)17(25)21-19-23-22-18(26-19)16-5-3-2-4-6-16/h2-10H,11-12H2,1H3,(H,20,24)(H,21,23,25). The summed E-state index contributed by atoms with van der Waals surface area (Å²) in [5.41, 5.74) is 2.57. The molecule has 2 N–H and O–H groups in total. The van der Waals surface area contributed by atoms with Gasteiger partial charge in [0.25, 0.3) is 5.91 Å². The quantitative estimate of drug-likeness (QED) is 0.702. The van der Waals surface area contributed by atoms with Crippen molar-refractivity contribution in [2.24, 2.45) is 0 Å². The maximum absolute atomic E-state index is 12.3. The molecule has 1 aromatic heterocycles. The molecule has 2 aromatic carbocycles. The van der Waals surface area contributed by atoms with Crippen molar-refractivity contribution in [3.63, 3.8) is 0 Å². The van der Waals surface area contributed by atoms with E-state index < -0.39 is 0 Å². The average molecular weight is 366 g/mol. The molecule has 0 atom stereocenters. The van der Waals surface area contributed by atoms with Crippen molar-refractivity contribution in [1.82, 2.24) is 15.5 Å². The number of carbonyl (C=O) groups is 2. The topological polar surface area (TPSA) is 84.0 Å². The first-order valence-electron chi connectivity index (χ1n) is 8.15. The fourth-order valence-electron chi connectivity index (χ4n) is 2.35. The summed E-state index contributed by atoms with van der Waals surface area (Å²) in [6.07, 6.45) is 0.721. The number of aromatic nitrogens is 2. The van der Waals surface area contributed by atoms with Crippen LogP contribution >= 0.6 is 11.3 Å². The summed E-state index contributed by atoms with van der Waals surface area (Å²) in [6.45, 7) is 2.07. The number of anilines is 1. The third-order valence-corrected chi connectivity index (χ3v) is 4.56. The van der Waals surface area contributed by atoms with Crippen LogP contribution in [0.4, 0.5) is 5.13 Å². The van der Waals surface area contributed by atoms with Gasteiger partial charge < -0.3 is 5.32 Å². The molecule has 0 fully saturated rings. The van der Waals surface area contributed by atoms with Gasteiger partial charge in [-0.3, -0.25) is 14.9 Å². The molecule has 0 spiro atoms. The monoisotopic (exact) mass is 366 g/mol. The van der Waals surface area contributed by atoms with E-state index in [9.17, 15) is 9.59 Å². The van der Waals surface area contributed by atoms with Crippen molar-refractivity contribution < 1.29 is 9.59 Å². The Bertz CT molecular complexity index is 891. The molecule has 0 saturated heterocycles. The van der Waals surface area contributed by atoms with Crippen molar-refractivity contribution in [1.29, 1.82) is 0 Å². The SMILES string of the molecule is CC(=O)NCCc1ccc(C(=O)Nc2nnc(-c3ccccc3)s2)cc1. The zero-order valence-corrected chi connectivity index (χ0v) is 15.0. The Balaban J connectivity index is 1.60. The highest BCUT2D eigenvalue weighted by atomic mass is 32.1. The van der Waals surface area contributed by atoms with E-state index in [4.69, 9.17) is 0 Å². The molecule has 0 saturated carbocycles. The lowest BCUT2D eigenvalue weighted by Crippen LogP contribution is -2.22. The van der Waals surface area contributed by atoms with Gasteiger partial charge in [-0.25, -0.2) is 0 Å². The maximum atomic E-state index is 12.3. The lowest BCUT2D eigenvalue weighted by Gasteiger charge is -2.05. The van der Waals surface area contributed by atoms with E-state index in [-0.39, 0.29) is 11.8 Å². The summed E-state index contributed by atoms with van der Waals surface area (Å²) in [5, 5.41) is 14.9. The summed E-state index contributed by atoms with van der Waals surface area (Å²) >= 11 is 1.33. The predicted molar refractivity (Wildman–Crippen MR) is 102 cm³/mol. The minimum atomic E-state index is -0.228. The van der Waals surface area contributed by atoms with Gasteiger partial charge in [-0.05, 0) is 24.1 Å². The molecule has 0 aliphatic carbocycles. The summed E-state index contributed by atoms with van der Waals surface area (Å²) in [5.74, 6) is -0.276. The zero-order chi connectivity index (χ0) is 18.4. The third-order valence-electron chi connectivity index (χ3n) is 3.67. The summed E-state index contributed by atoms with van der Waals surface area (Å²) in [4.78, 5) is 23.2. The van der Waals surface area contributed by atoms with Gasteiger partial charge in [0, 0.05) is 24.6 Å². The van der Waals surface area contributed by atoms with Crippen LogP contribution in [0.25, 0.3) is 10.6 Å². The molecule has 0 bridgehead atoms. The molecule has 0 aliphatic heterocycles. The van der Waals surface area contributed by atoms with Crippen molar-refractivity contribution in [2.75, 3.05) is 11.9 Å². The van der Waals surface area contributed by atoms with Crippen LogP contribution in [-0.4, -0.2) is 28.6 Å². The maximum Gasteiger partial charge on any atom is 0.257 e. The van der Waals surface area contributed by atoms with Crippen molar-refractivity contribution in [2.45, 2.75) is 13.3 Å². The van der Waals surface area contributed by atoms with E-state index in [1.54, 1.807) is 12.1 Å². The average Bonchev–Trinajstić information content (AvgIpc) is 3.11. The number of rotatable bonds is 6. The molecule has 6 nitrogen and oxygen atoms in total. The number of amides is 2. The molecule has 2 amide bonds. The Morgan fingerprint density at radius 1 is 1.00 bits per heavy atom. The van der Waals surface area contributed by atoms with Crippen molar-refractivity contribution >= 4 is 28.3 Å². The Labute approximate surface area is 155 Å². The molecule has 0 radical (unpaired) electrons. The Kier molecular flexibility index (Phi) is 5.70. The summed E-state index contributed by atoms with van der Waals surface area (Å²) in [7, 11) is 0. The molecule has 3 rings (SSSR count). The fraction of sp³-hybridized carbons (Fsp3) is 0.158. The van der Waals surface area contributed by atoms with Crippen LogP contribution in [0.5, 0.6) is 0 Å². The van der Waals surface area contributed by atoms with Crippen LogP contribution in [0.1, 0.15) is 22.8 Å². The normalized spacial score (nSPS) is 10.3. The molecule has 1 heterocycles. The van der Waals surface area contributed by atoms with Gasteiger partial charge in [0.2, 0.25) is 11.0 Å². The number of hydrogen-bond acceptors (Lipinski definition) is 5. The second-order valence-corrected chi connectivity index (χ2v) is 6.64. The number of hydrogen-bond donors (Lipinski definition) is 2. The second-order valence-electron chi connectivity index (χ2n) is 5.66. The van der Waals surface area contributed by atoms with Crippen LogP contribution in [0.15, 0.2) is 54.6 Å². The van der Waals surface area contributed by atoms with Gasteiger partial charge in [-0.1, -0.05) is 53.8 Å². The van der Waals surface area contributed by atoms with Crippen LogP contribution in [0.3, 0.4) is 0 Å². The van der Waals surface area contributed by atoms with Gasteiger partial charge in [0.05, 0.1) is 0 Å². The highest BCUT2D eigenvalue weighted by Gasteiger charge is 2.11. The molecular formula is C19H18N4O2S. The van der Waals surface area contributed by atoms with Crippen LogP contribution < -0.4 is 10.6 Å². The van der Waals surface area contributed by atoms with E-state index >= 15 is 0 Å². The van der Waals surface area contributed by atoms with Gasteiger partial charge in [-0.15, -0.1) is 10.2 Å². The van der Waals surface area contributed by atoms with Crippen LogP contribution in [0.2, 0.25) is 0 Å². The molecule has 0 unspecified atom stereocenters. The van der Waals surface area contributed by atoms with Crippen LogP contribution in [0, 0.1) is 0 Å². The van der Waals surface area contributed by atoms with Crippen molar-refractivity contribution in [3.8, 4) is 10.6 Å². The first kappa shape index (κ1) is 17.8. The van der Waals surface area contributed by atoms with E-state index in [0.29, 0.717) is 17.2 Å². The highest BCUT2D eigenvalue weighted by Crippen LogP contribution is 2.26. The van der Waals surface area contributed by atoms with E-state index in [1.807, 2.05) is 42.5 Å². The smallest absolute Gasteiger partial charge is 0.257 e. The molecule has 3 aromatic rings. The highest BCUT2D eigenvalue weighted by molar-refractivity contribution is 7.18. The molecule has 7 heteroatoms. The van der Waals surface area contributed by atoms with Gasteiger partial charge in [0.15, 0.2) is 0 Å². The first-order valence-corrected chi connectivity index (χ1v) is 8.97. The first-order chi connectivity index (χ1) is 12.6. The van der Waals surface area contributed by atoms with E-state index in [0.717, 1.165) is 22.6 Å². The minimum absolute atomic E-state index is 0.0482. The fourth-order valence-corrected chi connectivity index (χ4v) is 3.09. The van der Waals surface area contributed by atoms with E-state index in [1.165, 1.54) is 18.3 Å².